The van der Waals surface area contributed by atoms with Crippen molar-refractivity contribution in [1.29, 1.82) is 0 Å². The van der Waals surface area contributed by atoms with E-state index in [0.717, 1.165) is 70.6 Å². The maximum atomic E-state index is 9.49. The number of methoxy groups -OCH3 is 1. The maximum absolute atomic E-state index is 9.49. The first-order chi connectivity index (χ1) is 53.5. The molecule has 0 aromatic carbocycles. The Kier molecular flexibility index (Phi) is 57.3. The molecular weight excluding hydrogens is 1580 g/mol. The molecule has 38 nitrogen and oxygen atoms in total. The highest BCUT2D eigenvalue weighted by atomic mass is 32.1. The van der Waals surface area contributed by atoms with Gasteiger partial charge in [0.2, 0.25) is 29.7 Å². The lowest BCUT2D eigenvalue weighted by Crippen LogP contribution is -2.29. The SMILES string of the molecule is CCC(C)[C@H](CCO)Nc1nc(N)ncc1OC.CCCC[C@@H](CCO)Nc1nc(N)ncc1OCc1cccnn1.CCCC[C@@H](CO)Nc1nc(N)ncc1OCc1cccnn1.CCC[C@@H](CCO)Nc1nc(N)ncc1OCc1cccnn1.CCC[C@@H](CO)Nc1nc(N)ncc1OCc1cccnn1.S.S.S.S.S. The van der Waals surface area contributed by atoms with Crippen LogP contribution in [0.25, 0.3) is 0 Å². The lowest BCUT2D eigenvalue weighted by Gasteiger charge is -2.24. The van der Waals surface area contributed by atoms with Gasteiger partial charge in [-0.05, 0) is 99.4 Å². The number of nitrogen functional groups attached to an aromatic ring is 5. The van der Waals surface area contributed by atoms with Crippen molar-refractivity contribution in [3.8, 4) is 28.7 Å². The molecular formula is C72H120N28O10S5. The average molecular weight is 1700 g/mol. The monoisotopic (exact) mass is 1700 g/mol. The molecule has 9 aromatic rings. The number of rotatable bonds is 43. The van der Waals surface area contributed by atoms with Crippen LogP contribution in [0.4, 0.5) is 58.8 Å². The third-order valence-corrected chi connectivity index (χ3v) is 16.0. The van der Waals surface area contributed by atoms with E-state index in [1.807, 2.05) is 31.2 Å². The zero-order chi connectivity index (χ0) is 79.5. The molecule has 0 spiro atoms. The fraction of sp³-hybridized carbons (Fsp3) is 0.500. The first-order valence-electron chi connectivity index (χ1n) is 36.6. The van der Waals surface area contributed by atoms with Gasteiger partial charge >= 0.3 is 0 Å². The summed E-state index contributed by atoms with van der Waals surface area (Å²) < 4.78 is 28.0. The normalized spacial score (nSPS) is 11.7. The maximum Gasteiger partial charge on any atom is 0.222 e. The van der Waals surface area contributed by atoms with Crippen LogP contribution in [0.3, 0.4) is 0 Å². The molecule has 20 N–H and O–H groups in total. The number of nitrogens with two attached hydrogens (primary N) is 5. The van der Waals surface area contributed by atoms with E-state index in [0.29, 0.717) is 106 Å². The van der Waals surface area contributed by atoms with Gasteiger partial charge in [0.05, 0.1) is 63.4 Å². The lowest BCUT2D eigenvalue weighted by molar-refractivity contribution is 0.262. The Morgan fingerprint density at radius 1 is 0.357 bits per heavy atom. The number of nitrogens with zero attached hydrogens (tertiary/aromatic N) is 18. The smallest absolute Gasteiger partial charge is 0.222 e. The molecule has 0 fully saturated rings. The summed E-state index contributed by atoms with van der Waals surface area (Å²) in [6, 6.07) is 14.5. The van der Waals surface area contributed by atoms with Gasteiger partial charge in [-0.25, -0.2) is 24.9 Å². The third kappa shape index (κ3) is 41.4. The Bertz CT molecular complexity index is 3930. The van der Waals surface area contributed by atoms with Crippen molar-refractivity contribution in [2.45, 2.75) is 188 Å². The van der Waals surface area contributed by atoms with E-state index in [-0.39, 0.29) is 187 Å². The number of anilines is 10. The zero-order valence-corrected chi connectivity index (χ0v) is 71.3. The van der Waals surface area contributed by atoms with Crippen molar-refractivity contribution < 1.29 is 49.2 Å². The minimum Gasteiger partial charge on any atom is -0.491 e. The van der Waals surface area contributed by atoms with Crippen LogP contribution in [0, 0.1) is 5.92 Å². The van der Waals surface area contributed by atoms with E-state index >= 15 is 0 Å². The van der Waals surface area contributed by atoms with Gasteiger partial charge in [0.25, 0.3) is 0 Å². The van der Waals surface area contributed by atoms with E-state index < -0.39 is 0 Å². The molecule has 9 aromatic heterocycles. The Balaban J connectivity index is 0.00000140. The van der Waals surface area contributed by atoms with Gasteiger partial charge in [0, 0.05) is 62.7 Å². The zero-order valence-electron chi connectivity index (χ0n) is 66.3. The second-order valence-electron chi connectivity index (χ2n) is 24.7. The molecule has 0 aliphatic heterocycles. The van der Waals surface area contributed by atoms with E-state index in [9.17, 15) is 20.4 Å². The molecule has 638 valence electrons. The van der Waals surface area contributed by atoms with Crippen LogP contribution in [0.2, 0.25) is 0 Å². The summed E-state index contributed by atoms with van der Waals surface area (Å²) in [5.74, 6) is 6.24. The van der Waals surface area contributed by atoms with Crippen LogP contribution in [-0.4, -0.2) is 187 Å². The van der Waals surface area contributed by atoms with Crippen LogP contribution >= 0.6 is 67.5 Å². The second kappa shape index (κ2) is 62.6. The number of aromatic nitrogens is 18. The van der Waals surface area contributed by atoms with Gasteiger partial charge in [-0.1, -0.05) is 86.5 Å². The Morgan fingerprint density at radius 3 is 0.904 bits per heavy atom. The minimum absolute atomic E-state index is 0. The van der Waals surface area contributed by atoms with E-state index in [1.165, 1.54) is 31.0 Å². The molecule has 0 radical (unpaired) electrons. The molecule has 0 aliphatic rings. The Hall–Kier alpha value is -9.73. The first-order valence-corrected chi connectivity index (χ1v) is 36.6. The second-order valence-corrected chi connectivity index (χ2v) is 24.7. The van der Waals surface area contributed by atoms with Crippen LogP contribution in [0.5, 0.6) is 28.7 Å². The van der Waals surface area contributed by atoms with Crippen molar-refractivity contribution >= 4 is 126 Å². The summed E-state index contributed by atoms with van der Waals surface area (Å²) in [5, 5.41) is 93.6. The molecule has 0 saturated carbocycles. The number of aliphatic hydroxyl groups excluding tert-OH is 5. The first kappa shape index (κ1) is 105. The molecule has 43 heteroatoms. The molecule has 0 aliphatic carbocycles. The number of aliphatic hydroxyl groups is 5. The van der Waals surface area contributed by atoms with Crippen molar-refractivity contribution in [3.63, 3.8) is 0 Å². The lowest BCUT2D eigenvalue weighted by atomic mass is 9.96. The number of ether oxygens (including phenoxy) is 5. The fourth-order valence-electron chi connectivity index (χ4n) is 10.0. The predicted octanol–water partition coefficient (Wildman–Crippen LogP) is 7.40. The molecule has 0 saturated heterocycles. The highest BCUT2D eigenvalue weighted by molar-refractivity contribution is 7.60. The van der Waals surface area contributed by atoms with Crippen LogP contribution in [-0.2, 0) is 26.4 Å². The van der Waals surface area contributed by atoms with Crippen molar-refractivity contribution in [2.24, 2.45) is 5.92 Å². The van der Waals surface area contributed by atoms with Crippen molar-refractivity contribution in [1.82, 2.24) is 90.6 Å². The summed E-state index contributed by atoms with van der Waals surface area (Å²) >= 11 is 0. The summed E-state index contributed by atoms with van der Waals surface area (Å²) in [5.41, 5.74) is 31.0. The standard InChI is InChI=1S/C16H24N6O2.2C15H22N6O2.C14H20N6O2.C12H22N4O2.5H2S/c1-2-3-5-12(7-9-23)20-15-14(10-18-16(17)21-15)24-11-13-6-4-8-19-22-13;1-2-4-11(6-8-22)19-14-13(9-17-15(16)20-14)23-10-12-5-3-7-18-21-12;1-2-3-5-11(9-22)19-14-13(8-17-15(16)20-14)23-10-12-6-4-7-18-21-12;1-2-4-10(8-21)18-13-12(7-16-14(15)19-13)22-9-11-5-3-6-17-20-11;1-4-8(2)9(5-6-17)15-11-10(18-3)7-14-12(13)16-11;;;;;/h4,6,8,10,12,23H,2-3,5,7,9,11H2,1H3,(H3,17,18,20,21);3,5,7,9,11,22H,2,4,6,8,10H2,1H3,(H3,16,17,19,20);4,6-8,11,22H,2-3,5,9-10H2,1H3,(H3,16,17,19,20);3,5-7,10,21H,2,4,8-9H2,1H3,(H3,15,16,18,19);7-9,17H,4-6H2,1-3H3,(H3,13,14,15,16);5*1H2/t12-;2*11-;10-;8?,9-;;;;;/m00000...../s1. The average Bonchev–Trinajstić information content (AvgIpc) is 0.883. The van der Waals surface area contributed by atoms with E-state index in [2.05, 4.69) is 152 Å². The van der Waals surface area contributed by atoms with Crippen LogP contribution in [0.1, 0.15) is 154 Å². The largest absolute Gasteiger partial charge is 0.491 e. The van der Waals surface area contributed by atoms with Gasteiger partial charge in [0.1, 0.15) is 49.2 Å². The number of hydrogen-bond acceptors (Lipinski definition) is 38. The summed E-state index contributed by atoms with van der Waals surface area (Å²) in [6.45, 7) is 14.0. The highest BCUT2D eigenvalue weighted by Gasteiger charge is 2.21. The number of hydrogen-bond donors (Lipinski definition) is 15. The van der Waals surface area contributed by atoms with Gasteiger partial charge < -0.3 is 104 Å². The molecule has 115 heavy (non-hydrogen) atoms. The summed E-state index contributed by atoms with van der Waals surface area (Å²) in [4.78, 5) is 40.6. The minimum atomic E-state index is -0.113. The fourth-order valence-corrected chi connectivity index (χ4v) is 10.0. The molecule has 9 heterocycles. The summed E-state index contributed by atoms with van der Waals surface area (Å²) in [7, 11) is 1.56. The third-order valence-electron chi connectivity index (χ3n) is 16.0. The molecule has 1 unspecified atom stereocenters. The molecule has 6 atom stereocenters. The van der Waals surface area contributed by atoms with Crippen LogP contribution < -0.4 is 78.9 Å². The number of unbranched alkanes of at least 4 members (excludes halogenated alkanes) is 2. The van der Waals surface area contributed by atoms with Gasteiger partial charge in [-0.3, -0.25) is 0 Å². The Labute approximate surface area is 707 Å². The van der Waals surface area contributed by atoms with Crippen LogP contribution in [0.15, 0.2) is 104 Å². The summed E-state index contributed by atoms with van der Waals surface area (Å²) in [6.07, 6.45) is 26.6. The molecule has 0 bridgehead atoms. The predicted molar refractivity (Wildman–Crippen MR) is 471 cm³/mol. The quantitative estimate of drug-likeness (QED) is 0.0177. The van der Waals surface area contributed by atoms with E-state index in [4.69, 9.17) is 57.5 Å². The molecule has 9 rings (SSSR count). The van der Waals surface area contributed by atoms with Gasteiger partial charge in [0.15, 0.2) is 57.8 Å². The van der Waals surface area contributed by atoms with Gasteiger partial charge in [-0.15, -0.1) is 0 Å². The van der Waals surface area contributed by atoms with Gasteiger partial charge in [-0.2, -0.15) is 133 Å². The van der Waals surface area contributed by atoms with E-state index in [1.54, 1.807) is 56.2 Å². The Morgan fingerprint density at radius 2 is 0.635 bits per heavy atom. The van der Waals surface area contributed by atoms with Crippen molar-refractivity contribution in [3.05, 3.63) is 127 Å². The topological polar surface area (TPSA) is 570 Å². The number of nitrogens with one attached hydrogen (secondary N) is 5. The highest BCUT2D eigenvalue weighted by Crippen LogP contribution is 2.30. The molecule has 0 amide bonds. The van der Waals surface area contributed by atoms with Crippen molar-refractivity contribution in [2.75, 3.05) is 95.4 Å².